The summed E-state index contributed by atoms with van der Waals surface area (Å²) >= 11 is 0. The lowest BCUT2D eigenvalue weighted by Crippen LogP contribution is -2.38. The third-order valence-electron chi connectivity index (χ3n) is 4.24. The quantitative estimate of drug-likeness (QED) is 0.688. The maximum atomic E-state index is 12.8. The van der Waals surface area contributed by atoms with Crippen molar-refractivity contribution in [1.29, 1.82) is 0 Å². The molecule has 2 aromatic heterocycles. The van der Waals surface area contributed by atoms with E-state index < -0.39 is 0 Å². The van der Waals surface area contributed by atoms with Gasteiger partial charge in [-0.2, -0.15) is 0 Å². The molecule has 0 fully saturated rings. The number of hydrogen-bond acceptors (Lipinski definition) is 3. The van der Waals surface area contributed by atoms with Crippen LogP contribution < -0.4 is 11.2 Å². The first-order chi connectivity index (χ1) is 11.1. The minimum Gasteiger partial charge on any atom is -0.313 e. The highest BCUT2D eigenvalue weighted by Gasteiger charge is 2.26. The zero-order valence-electron chi connectivity index (χ0n) is 14.9. The topological polar surface area (TPSA) is 61.8 Å². The molecule has 6 heteroatoms. The van der Waals surface area contributed by atoms with E-state index in [1.54, 1.807) is 7.05 Å². The summed E-state index contributed by atoms with van der Waals surface area (Å²) in [4.78, 5) is 29.6. The van der Waals surface area contributed by atoms with Crippen molar-refractivity contribution < 1.29 is 0 Å². The van der Waals surface area contributed by atoms with E-state index in [0.717, 1.165) is 15.7 Å². The third kappa shape index (κ3) is 2.29. The van der Waals surface area contributed by atoms with Crippen molar-refractivity contribution >= 4 is 11.2 Å². The van der Waals surface area contributed by atoms with Crippen LogP contribution in [0.3, 0.4) is 0 Å². The average molecular weight is 326 g/mol. The molecule has 3 aromatic rings. The second-order valence-electron chi connectivity index (χ2n) is 7.19. The number of aromatic nitrogens is 4. The Labute approximate surface area is 140 Å². The van der Waals surface area contributed by atoms with Crippen LogP contribution in [0.5, 0.6) is 0 Å². The van der Waals surface area contributed by atoms with E-state index in [1.807, 2.05) is 56.5 Å². The van der Waals surface area contributed by atoms with Crippen LogP contribution in [0.15, 0.2) is 33.9 Å². The van der Waals surface area contributed by atoms with Gasteiger partial charge in [0.15, 0.2) is 11.2 Å². The van der Waals surface area contributed by atoms with Gasteiger partial charge in [0.05, 0.1) is 0 Å². The van der Waals surface area contributed by atoms with E-state index >= 15 is 0 Å². The molecule has 0 N–H and O–H groups in total. The molecule has 1 aromatic carbocycles. The van der Waals surface area contributed by atoms with E-state index in [2.05, 4.69) is 4.98 Å². The van der Waals surface area contributed by atoms with Crippen LogP contribution in [0.2, 0.25) is 0 Å². The fourth-order valence-corrected chi connectivity index (χ4v) is 2.95. The second kappa shape index (κ2) is 5.19. The van der Waals surface area contributed by atoms with Crippen LogP contribution in [-0.2, 0) is 19.6 Å². The predicted octanol–water partition coefficient (Wildman–Crippen LogP) is 2.16. The van der Waals surface area contributed by atoms with E-state index in [9.17, 15) is 9.59 Å². The van der Waals surface area contributed by atoms with Gasteiger partial charge in [-0.05, 0) is 27.7 Å². The third-order valence-corrected chi connectivity index (χ3v) is 4.24. The standard InChI is InChI=1S/C18H22N4O2/c1-11-7-9-12(10-8-11)14-19-15-13(22(14)18(2,3)4)16(23)21(6)17(24)20(15)5/h7-10H,1-6H3. The number of imidazole rings is 1. The lowest BCUT2D eigenvalue weighted by Gasteiger charge is -2.24. The van der Waals surface area contributed by atoms with Crippen LogP contribution in [0.25, 0.3) is 22.6 Å². The first-order valence-corrected chi connectivity index (χ1v) is 7.89. The minimum atomic E-state index is -0.374. The molecule has 126 valence electrons. The highest BCUT2D eigenvalue weighted by atomic mass is 16.2. The maximum Gasteiger partial charge on any atom is 0.332 e. The van der Waals surface area contributed by atoms with E-state index in [1.165, 1.54) is 11.6 Å². The molecule has 0 saturated heterocycles. The zero-order chi connectivity index (χ0) is 17.8. The Morgan fingerprint density at radius 2 is 1.54 bits per heavy atom. The second-order valence-corrected chi connectivity index (χ2v) is 7.19. The Morgan fingerprint density at radius 1 is 0.958 bits per heavy atom. The van der Waals surface area contributed by atoms with Gasteiger partial charge in [-0.25, -0.2) is 9.78 Å². The smallest absolute Gasteiger partial charge is 0.313 e. The number of fused-ring (bicyclic) bond motifs is 1. The number of aryl methyl sites for hydroxylation is 2. The molecular formula is C18H22N4O2. The summed E-state index contributed by atoms with van der Waals surface area (Å²) < 4.78 is 4.48. The van der Waals surface area contributed by atoms with Crippen molar-refractivity contribution in [3.63, 3.8) is 0 Å². The van der Waals surface area contributed by atoms with Gasteiger partial charge in [-0.1, -0.05) is 29.8 Å². The predicted molar refractivity (Wildman–Crippen MR) is 95.4 cm³/mol. The molecule has 3 rings (SSSR count). The molecule has 2 heterocycles. The largest absolute Gasteiger partial charge is 0.332 e. The molecule has 0 aliphatic rings. The molecule has 0 bridgehead atoms. The van der Waals surface area contributed by atoms with Gasteiger partial charge in [0.1, 0.15) is 5.82 Å². The van der Waals surface area contributed by atoms with E-state index in [0.29, 0.717) is 17.0 Å². The molecule has 0 atom stereocenters. The number of rotatable bonds is 1. The van der Waals surface area contributed by atoms with Crippen molar-refractivity contribution in [1.82, 2.24) is 18.7 Å². The number of nitrogens with zero attached hydrogens (tertiary/aromatic N) is 4. The van der Waals surface area contributed by atoms with E-state index in [-0.39, 0.29) is 16.8 Å². The Hall–Kier alpha value is -2.63. The molecular weight excluding hydrogens is 304 g/mol. The fourth-order valence-electron chi connectivity index (χ4n) is 2.95. The Balaban J connectivity index is 2.54. The first kappa shape index (κ1) is 16.2. The van der Waals surface area contributed by atoms with Gasteiger partial charge in [0, 0.05) is 25.2 Å². The summed E-state index contributed by atoms with van der Waals surface area (Å²) in [7, 11) is 3.14. The van der Waals surface area contributed by atoms with Gasteiger partial charge >= 0.3 is 5.69 Å². The lowest BCUT2D eigenvalue weighted by molar-refractivity contribution is 0.411. The highest BCUT2D eigenvalue weighted by Crippen LogP contribution is 2.29. The van der Waals surface area contributed by atoms with Gasteiger partial charge in [-0.15, -0.1) is 0 Å². The molecule has 0 aliphatic carbocycles. The molecule has 24 heavy (non-hydrogen) atoms. The zero-order valence-corrected chi connectivity index (χ0v) is 14.9. The van der Waals surface area contributed by atoms with Crippen molar-refractivity contribution in [2.24, 2.45) is 14.1 Å². The molecule has 0 amide bonds. The normalized spacial score (nSPS) is 12.1. The summed E-state index contributed by atoms with van der Waals surface area (Å²) in [6, 6.07) is 8.00. The van der Waals surface area contributed by atoms with Crippen LogP contribution in [0.4, 0.5) is 0 Å². The molecule has 0 saturated carbocycles. The Bertz CT molecular complexity index is 1040. The molecule has 6 nitrogen and oxygen atoms in total. The summed E-state index contributed by atoms with van der Waals surface area (Å²) in [5.41, 5.74) is 1.87. The first-order valence-electron chi connectivity index (χ1n) is 7.89. The van der Waals surface area contributed by atoms with Crippen molar-refractivity contribution in [3.05, 3.63) is 50.7 Å². The van der Waals surface area contributed by atoms with Gasteiger partial charge in [0.2, 0.25) is 0 Å². The van der Waals surface area contributed by atoms with Crippen molar-refractivity contribution in [3.8, 4) is 11.4 Å². The van der Waals surface area contributed by atoms with Crippen LogP contribution in [0.1, 0.15) is 26.3 Å². The van der Waals surface area contributed by atoms with Crippen LogP contribution in [-0.4, -0.2) is 18.7 Å². The van der Waals surface area contributed by atoms with Crippen molar-refractivity contribution in [2.75, 3.05) is 0 Å². The van der Waals surface area contributed by atoms with Crippen LogP contribution >= 0.6 is 0 Å². The summed E-state index contributed by atoms with van der Waals surface area (Å²) in [5, 5.41) is 0. The van der Waals surface area contributed by atoms with Crippen LogP contribution in [0, 0.1) is 6.92 Å². The molecule has 0 spiro atoms. The Morgan fingerprint density at radius 3 is 2.08 bits per heavy atom. The minimum absolute atomic E-state index is 0.325. The Kier molecular flexibility index (Phi) is 3.51. The molecule has 0 unspecified atom stereocenters. The summed E-state index contributed by atoms with van der Waals surface area (Å²) in [6.45, 7) is 8.10. The van der Waals surface area contributed by atoms with Crippen molar-refractivity contribution in [2.45, 2.75) is 33.2 Å². The average Bonchev–Trinajstić information content (AvgIpc) is 2.92. The molecule has 0 radical (unpaired) electrons. The monoisotopic (exact) mass is 326 g/mol. The summed E-state index contributed by atoms with van der Waals surface area (Å²) in [6.07, 6.45) is 0. The number of benzene rings is 1. The van der Waals surface area contributed by atoms with Gasteiger partial charge in [0.25, 0.3) is 5.56 Å². The van der Waals surface area contributed by atoms with Gasteiger partial charge < -0.3 is 4.57 Å². The highest BCUT2D eigenvalue weighted by molar-refractivity contribution is 5.77. The SMILES string of the molecule is Cc1ccc(-c2nc3c(c(=O)n(C)c(=O)n3C)n2C(C)(C)C)cc1. The number of hydrogen-bond donors (Lipinski definition) is 0. The van der Waals surface area contributed by atoms with E-state index in [4.69, 9.17) is 0 Å². The van der Waals surface area contributed by atoms with Gasteiger partial charge in [-0.3, -0.25) is 13.9 Å². The summed E-state index contributed by atoms with van der Waals surface area (Å²) in [5.74, 6) is 0.691. The lowest BCUT2D eigenvalue weighted by atomic mass is 10.1. The maximum absolute atomic E-state index is 12.8. The molecule has 0 aliphatic heterocycles. The fraction of sp³-hybridized carbons (Fsp3) is 0.389.